The van der Waals surface area contributed by atoms with Gasteiger partial charge in [-0.1, -0.05) is 24.3 Å². The normalized spacial score (nSPS) is 14.7. The molecule has 1 heterocycles. The molecule has 2 aromatic carbocycles. The smallest absolute Gasteiger partial charge is 0.305 e. The zero-order valence-electron chi connectivity index (χ0n) is 12.1. The number of hydrogen-bond donors (Lipinski definition) is 2. The van der Waals surface area contributed by atoms with E-state index >= 15 is 0 Å². The standard InChI is InChI=1S/C17H14N2O4/c18-11-5-3-4-10(8-11)14(9-15(20)21)19-16(22)12-6-1-2-7-13(12)17(19)23/h1-8,14H,9,18H2,(H,20,21). The minimum absolute atomic E-state index is 0.289. The first kappa shape index (κ1) is 14.8. The van der Waals surface area contributed by atoms with E-state index in [9.17, 15) is 19.5 Å². The number of imide groups is 1. The number of amides is 2. The lowest BCUT2D eigenvalue weighted by Crippen LogP contribution is -2.35. The molecule has 116 valence electrons. The number of fused-ring (bicyclic) bond motifs is 1. The van der Waals surface area contributed by atoms with Gasteiger partial charge in [-0.3, -0.25) is 19.3 Å². The zero-order valence-corrected chi connectivity index (χ0v) is 12.1. The van der Waals surface area contributed by atoms with Crippen LogP contribution in [-0.4, -0.2) is 27.8 Å². The summed E-state index contributed by atoms with van der Waals surface area (Å²) in [6.07, 6.45) is -0.380. The molecule has 1 aliphatic heterocycles. The molecule has 6 nitrogen and oxygen atoms in total. The molecule has 6 heteroatoms. The van der Waals surface area contributed by atoms with E-state index in [1.165, 1.54) is 0 Å². The first-order valence-corrected chi connectivity index (χ1v) is 7.03. The highest BCUT2D eigenvalue weighted by atomic mass is 16.4. The molecule has 0 aliphatic carbocycles. The van der Waals surface area contributed by atoms with Crippen LogP contribution in [0.1, 0.15) is 38.7 Å². The number of carboxylic acid groups (broad SMARTS) is 1. The summed E-state index contributed by atoms with van der Waals surface area (Å²) in [7, 11) is 0. The number of nitrogen functional groups attached to an aromatic ring is 1. The van der Waals surface area contributed by atoms with Crippen molar-refractivity contribution < 1.29 is 19.5 Å². The lowest BCUT2D eigenvalue weighted by atomic mass is 10.0. The van der Waals surface area contributed by atoms with Gasteiger partial charge in [-0.05, 0) is 29.8 Å². The largest absolute Gasteiger partial charge is 0.481 e. The molecule has 2 amide bonds. The Kier molecular flexibility index (Phi) is 3.57. The summed E-state index contributed by atoms with van der Waals surface area (Å²) >= 11 is 0. The van der Waals surface area contributed by atoms with E-state index in [1.54, 1.807) is 48.5 Å². The minimum atomic E-state index is -1.10. The summed E-state index contributed by atoms with van der Waals surface area (Å²) in [6.45, 7) is 0. The molecule has 3 N–H and O–H groups in total. The Bertz CT molecular complexity index is 781. The summed E-state index contributed by atoms with van der Waals surface area (Å²) in [5.74, 6) is -2.08. The number of nitrogens with zero attached hydrogens (tertiary/aromatic N) is 1. The maximum Gasteiger partial charge on any atom is 0.305 e. The van der Waals surface area contributed by atoms with Crippen molar-refractivity contribution in [1.29, 1.82) is 0 Å². The van der Waals surface area contributed by atoms with Gasteiger partial charge in [-0.2, -0.15) is 0 Å². The second-order valence-corrected chi connectivity index (χ2v) is 5.31. The van der Waals surface area contributed by atoms with Gasteiger partial charge in [-0.15, -0.1) is 0 Å². The van der Waals surface area contributed by atoms with Crippen molar-refractivity contribution in [2.45, 2.75) is 12.5 Å². The van der Waals surface area contributed by atoms with Gasteiger partial charge in [0.25, 0.3) is 11.8 Å². The third-order valence-electron chi connectivity index (χ3n) is 3.80. The zero-order chi connectivity index (χ0) is 16.6. The Morgan fingerprint density at radius 3 is 2.17 bits per heavy atom. The molecule has 0 spiro atoms. The van der Waals surface area contributed by atoms with Crippen LogP contribution in [0.2, 0.25) is 0 Å². The van der Waals surface area contributed by atoms with Gasteiger partial charge in [0.15, 0.2) is 0 Å². The highest BCUT2D eigenvalue weighted by Gasteiger charge is 2.41. The number of hydrogen-bond acceptors (Lipinski definition) is 4. The number of carbonyl (C=O) groups excluding carboxylic acids is 2. The quantitative estimate of drug-likeness (QED) is 0.665. The summed E-state index contributed by atoms with van der Waals surface area (Å²) in [6, 6.07) is 12.1. The van der Waals surface area contributed by atoms with Crippen LogP contribution in [0.15, 0.2) is 48.5 Å². The number of nitrogens with two attached hydrogens (primary N) is 1. The molecule has 1 atom stereocenters. The fraction of sp³-hybridized carbons (Fsp3) is 0.118. The minimum Gasteiger partial charge on any atom is -0.481 e. The number of rotatable bonds is 4. The lowest BCUT2D eigenvalue weighted by Gasteiger charge is -2.25. The van der Waals surface area contributed by atoms with Crippen molar-refractivity contribution in [3.05, 3.63) is 65.2 Å². The number of anilines is 1. The fourth-order valence-electron chi connectivity index (χ4n) is 2.78. The van der Waals surface area contributed by atoms with Crippen molar-refractivity contribution >= 4 is 23.5 Å². The number of carboxylic acids is 1. The van der Waals surface area contributed by atoms with Crippen LogP contribution >= 0.6 is 0 Å². The molecule has 0 aromatic heterocycles. The molecule has 1 unspecified atom stereocenters. The molecule has 0 radical (unpaired) electrons. The van der Waals surface area contributed by atoms with Gasteiger partial charge < -0.3 is 10.8 Å². The average molecular weight is 310 g/mol. The van der Waals surface area contributed by atoms with Gasteiger partial charge in [0.2, 0.25) is 0 Å². The Labute approximate surface area is 132 Å². The van der Waals surface area contributed by atoms with Crippen LogP contribution in [-0.2, 0) is 4.79 Å². The molecule has 2 aromatic rings. The van der Waals surface area contributed by atoms with Crippen LogP contribution in [0, 0.1) is 0 Å². The van der Waals surface area contributed by atoms with Crippen LogP contribution in [0.4, 0.5) is 5.69 Å². The summed E-state index contributed by atoms with van der Waals surface area (Å²) in [5, 5.41) is 9.18. The van der Waals surface area contributed by atoms with Crippen LogP contribution in [0.5, 0.6) is 0 Å². The topological polar surface area (TPSA) is 101 Å². The number of benzene rings is 2. The Morgan fingerprint density at radius 1 is 1.04 bits per heavy atom. The van der Waals surface area contributed by atoms with Crippen molar-refractivity contribution in [3.63, 3.8) is 0 Å². The first-order valence-electron chi connectivity index (χ1n) is 7.03. The van der Waals surface area contributed by atoms with E-state index in [-0.39, 0.29) is 17.5 Å². The molecule has 0 saturated carbocycles. The van der Waals surface area contributed by atoms with Gasteiger partial charge >= 0.3 is 5.97 Å². The highest BCUT2D eigenvalue weighted by molar-refractivity contribution is 6.21. The van der Waals surface area contributed by atoms with Gasteiger partial charge in [0, 0.05) is 5.69 Å². The third kappa shape index (κ3) is 2.55. The third-order valence-corrected chi connectivity index (χ3v) is 3.80. The number of aliphatic carboxylic acids is 1. The second kappa shape index (κ2) is 5.57. The molecular weight excluding hydrogens is 296 g/mol. The summed E-state index contributed by atoms with van der Waals surface area (Å²) in [4.78, 5) is 37.4. The van der Waals surface area contributed by atoms with E-state index in [2.05, 4.69) is 0 Å². The van der Waals surface area contributed by atoms with E-state index in [1.807, 2.05) is 0 Å². The highest BCUT2D eigenvalue weighted by Crippen LogP contribution is 2.33. The van der Waals surface area contributed by atoms with Gasteiger partial charge in [-0.25, -0.2) is 0 Å². The maximum absolute atomic E-state index is 12.6. The Balaban J connectivity index is 2.07. The van der Waals surface area contributed by atoms with Crippen molar-refractivity contribution in [2.75, 3.05) is 5.73 Å². The molecule has 0 fully saturated rings. The van der Waals surface area contributed by atoms with E-state index in [0.29, 0.717) is 11.3 Å². The van der Waals surface area contributed by atoms with E-state index in [4.69, 9.17) is 5.73 Å². The maximum atomic E-state index is 12.6. The monoisotopic (exact) mass is 310 g/mol. The number of carbonyl (C=O) groups is 3. The summed E-state index contributed by atoms with van der Waals surface area (Å²) < 4.78 is 0. The van der Waals surface area contributed by atoms with Crippen molar-refractivity contribution in [2.24, 2.45) is 0 Å². The van der Waals surface area contributed by atoms with Crippen LogP contribution in [0.25, 0.3) is 0 Å². The lowest BCUT2D eigenvalue weighted by molar-refractivity contribution is -0.138. The molecular formula is C17H14N2O4. The van der Waals surface area contributed by atoms with Crippen LogP contribution in [0.3, 0.4) is 0 Å². The van der Waals surface area contributed by atoms with Crippen molar-refractivity contribution in [3.8, 4) is 0 Å². The predicted octanol–water partition coefficient (Wildman–Crippen LogP) is 2.08. The van der Waals surface area contributed by atoms with Gasteiger partial charge in [0.1, 0.15) is 0 Å². The molecule has 0 bridgehead atoms. The predicted molar refractivity (Wildman–Crippen MR) is 82.8 cm³/mol. The molecule has 23 heavy (non-hydrogen) atoms. The fourth-order valence-corrected chi connectivity index (χ4v) is 2.78. The van der Waals surface area contributed by atoms with Crippen molar-refractivity contribution in [1.82, 2.24) is 4.90 Å². The molecule has 3 rings (SSSR count). The van der Waals surface area contributed by atoms with Crippen LogP contribution < -0.4 is 5.73 Å². The Hall–Kier alpha value is -3.15. The van der Waals surface area contributed by atoms with Gasteiger partial charge in [0.05, 0.1) is 23.6 Å². The SMILES string of the molecule is Nc1cccc(C(CC(=O)O)N2C(=O)c3ccccc3C2=O)c1. The second-order valence-electron chi connectivity index (χ2n) is 5.31. The summed E-state index contributed by atoms with van der Waals surface area (Å²) in [5.41, 5.74) is 7.28. The first-order chi connectivity index (χ1) is 11.0. The van der Waals surface area contributed by atoms with E-state index < -0.39 is 23.8 Å². The van der Waals surface area contributed by atoms with E-state index in [0.717, 1.165) is 4.90 Å². The average Bonchev–Trinajstić information content (AvgIpc) is 2.77. The Morgan fingerprint density at radius 2 is 1.65 bits per heavy atom. The molecule has 1 aliphatic rings. The molecule has 0 saturated heterocycles.